The van der Waals surface area contributed by atoms with Gasteiger partial charge in [0.05, 0.1) is 6.04 Å². The van der Waals surface area contributed by atoms with E-state index >= 15 is 0 Å². The van der Waals surface area contributed by atoms with Gasteiger partial charge in [0.15, 0.2) is 0 Å². The zero-order chi connectivity index (χ0) is 17.2. The highest BCUT2D eigenvalue weighted by Crippen LogP contribution is 2.24. The summed E-state index contributed by atoms with van der Waals surface area (Å²) in [6.07, 6.45) is 4.83. The summed E-state index contributed by atoms with van der Waals surface area (Å²) in [5.41, 5.74) is 0.925. The maximum Gasteiger partial charge on any atom is 0.410 e. The average molecular weight is 340 g/mol. The SMILES string of the molecule is C=CCOC(=O)NC/C(C)=C\C1CC(S)CN1C(=O)OCC=C. The fourth-order valence-electron chi connectivity index (χ4n) is 2.21. The largest absolute Gasteiger partial charge is 0.445 e. The van der Waals surface area contributed by atoms with E-state index in [0.717, 1.165) is 12.0 Å². The Hall–Kier alpha value is -1.89. The summed E-state index contributed by atoms with van der Waals surface area (Å²) in [5.74, 6) is 0. The maximum atomic E-state index is 12.0. The summed E-state index contributed by atoms with van der Waals surface area (Å²) in [7, 11) is 0. The molecule has 0 bridgehead atoms. The van der Waals surface area contributed by atoms with Crippen LogP contribution in [0.5, 0.6) is 0 Å². The van der Waals surface area contributed by atoms with Crippen molar-refractivity contribution in [2.45, 2.75) is 24.6 Å². The van der Waals surface area contributed by atoms with E-state index in [9.17, 15) is 9.59 Å². The summed E-state index contributed by atoms with van der Waals surface area (Å²) >= 11 is 4.44. The number of hydrogen-bond acceptors (Lipinski definition) is 5. The van der Waals surface area contributed by atoms with E-state index in [0.29, 0.717) is 13.1 Å². The normalized spacial score (nSPS) is 20.8. The fraction of sp³-hybridized carbons (Fsp3) is 0.500. The summed E-state index contributed by atoms with van der Waals surface area (Å²) in [6.45, 7) is 10.1. The van der Waals surface area contributed by atoms with Gasteiger partial charge in [0.2, 0.25) is 0 Å². The van der Waals surface area contributed by atoms with Gasteiger partial charge in [0.25, 0.3) is 0 Å². The quantitative estimate of drug-likeness (QED) is 0.552. The molecule has 0 aromatic carbocycles. The van der Waals surface area contributed by atoms with Gasteiger partial charge in [-0.25, -0.2) is 9.59 Å². The third-order valence-electron chi connectivity index (χ3n) is 3.20. The van der Waals surface area contributed by atoms with E-state index in [1.54, 1.807) is 4.90 Å². The van der Waals surface area contributed by atoms with Gasteiger partial charge in [0.1, 0.15) is 13.2 Å². The number of nitrogens with one attached hydrogen (secondary N) is 1. The van der Waals surface area contributed by atoms with E-state index in [1.807, 2.05) is 13.0 Å². The van der Waals surface area contributed by atoms with E-state index in [1.165, 1.54) is 12.2 Å². The zero-order valence-electron chi connectivity index (χ0n) is 13.4. The molecule has 23 heavy (non-hydrogen) atoms. The lowest BCUT2D eigenvalue weighted by atomic mass is 10.1. The van der Waals surface area contributed by atoms with E-state index < -0.39 is 6.09 Å². The number of likely N-dealkylation sites (tertiary alicyclic amines) is 1. The van der Waals surface area contributed by atoms with E-state index in [2.05, 4.69) is 31.1 Å². The van der Waals surface area contributed by atoms with Crippen molar-refractivity contribution in [2.24, 2.45) is 0 Å². The number of thiol groups is 1. The second-order valence-corrected chi connectivity index (χ2v) is 5.96. The Kier molecular flexibility index (Phi) is 8.32. The number of rotatable bonds is 7. The predicted molar refractivity (Wildman–Crippen MR) is 92.7 cm³/mol. The third kappa shape index (κ3) is 6.81. The van der Waals surface area contributed by atoms with Crippen molar-refractivity contribution in [3.8, 4) is 0 Å². The van der Waals surface area contributed by atoms with Crippen LogP contribution in [0.1, 0.15) is 13.3 Å². The molecule has 0 saturated carbocycles. The van der Waals surface area contributed by atoms with Crippen LogP contribution >= 0.6 is 12.6 Å². The lowest BCUT2D eigenvalue weighted by Crippen LogP contribution is -2.36. The molecule has 2 atom stereocenters. The first-order valence-electron chi connectivity index (χ1n) is 7.39. The van der Waals surface area contributed by atoms with Crippen molar-refractivity contribution in [3.05, 3.63) is 37.0 Å². The van der Waals surface area contributed by atoms with Crippen LogP contribution in [-0.4, -0.2) is 54.7 Å². The van der Waals surface area contributed by atoms with E-state index in [4.69, 9.17) is 9.47 Å². The maximum absolute atomic E-state index is 12.0. The Bertz CT molecular complexity index is 479. The van der Waals surface area contributed by atoms with Crippen LogP contribution in [0.2, 0.25) is 0 Å². The second-order valence-electron chi connectivity index (χ2n) is 5.23. The fourth-order valence-corrected chi connectivity index (χ4v) is 2.60. The average Bonchev–Trinajstić information content (AvgIpc) is 2.89. The summed E-state index contributed by atoms with van der Waals surface area (Å²) in [5, 5.41) is 2.74. The van der Waals surface area contributed by atoms with Gasteiger partial charge in [0, 0.05) is 18.3 Å². The molecule has 7 heteroatoms. The molecule has 2 amide bonds. The lowest BCUT2D eigenvalue weighted by Gasteiger charge is -2.22. The van der Waals surface area contributed by atoms with Crippen molar-refractivity contribution in [3.63, 3.8) is 0 Å². The smallest absolute Gasteiger partial charge is 0.410 e. The van der Waals surface area contributed by atoms with Crippen LogP contribution < -0.4 is 5.32 Å². The molecule has 0 aromatic rings. The van der Waals surface area contributed by atoms with Gasteiger partial charge in [-0.05, 0) is 13.3 Å². The molecule has 0 aliphatic carbocycles. The predicted octanol–water partition coefficient (Wildman–Crippen LogP) is 2.54. The van der Waals surface area contributed by atoms with Crippen LogP contribution in [0, 0.1) is 0 Å². The van der Waals surface area contributed by atoms with Gasteiger partial charge in [-0.3, -0.25) is 0 Å². The molecular weight excluding hydrogens is 316 g/mol. The van der Waals surface area contributed by atoms with Gasteiger partial charge < -0.3 is 19.7 Å². The second kappa shape index (κ2) is 9.99. The van der Waals surface area contributed by atoms with Gasteiger partial charge in [-0.15, -0.1) is 0 Å². The molecule has 1 aliphatic rings. The lowest BCUT2D eigenvalue weighted by molar-refractivity contribution is 0.114. The number of amides is 2. The van der Waals surface area contributed by atoms with Crippen molar-refractivity contribution < 1.29 is 19.1 Å². The topological polar surface area (TPSA) is 67.9 Å². The van der Waals surface area contributed by atoms with Gasteiger partial charge >= 0.3 is 12.2 Å². The molecule has 1 fully saturated rings. The highest BCUT2D eigenvalue weighted by atomic mass is 32.1. The first-order chi connectivity index (χ1) is 11.0. The van der Waals surface area contributed by atoms with Crippen molar-refractivity contribution in [1.29, 1.82) is 0 Å². The molecule has 0 radical (unpaired) electrons. The number of ether oxygens (including phenoxy) is 2. The number of carbonyl (C=O) groups excluding carboxylic acids is 2. The molecule has 6 nitrogen and oxygen atoms in total. The monoisotopic (exact) mass is 340 g/mol. The third-order valence-corrected chi connectivity index (χ3v) is 3.58. The summed E-state index contributed by atoms with van der Waals surface area (Å²) in [6, 6.07) is -0.0965. The number of nitrogens with zero attached hydrogens (tertiary/aromatic N) is 1. The molecule has 2 unspecified atom stereocenters. The highest BCUT2D eigenvalue weighted by molar-refractivity contribution is 7.81. The molecule has 0 spiro atoms. The van der Waals surface area contributed by atoms with Crippen LogP contribution in [0.4, 0.5) is 9.59 Å². The molecule has 1 heterocycles. The minimum Gasteiger partial charge on any atom is -0.445 e. The molecule has 1 aliphatic heterocycles. The van der Waals surface area contributed by atoms with Crippen LogP contribution in [0.25, 0.3) is 0 Å². The first-order valence-corrected chi connectivity index (χ1v) is 7.90. The minimum absolute atomic E-state index is 0.0965. The molecule has 1 N–H and O–H groups in total. The number of carbonyl (C=O) groups is 2. The van der Waals surface area contributed by atoms with Crippen molar-refractivity contribution in [2.75, 3.05) is 26.3 Å². The minimum atomic E-state index is -0.501. The van der Waals surface area contributed by atoms with Gasteiger partial charge in [-0.2, -0.15) is 12.6 Å². The molecule has 0 aromatic heterocycles. The Morgan fingerprint density at radius 1 is 1.30 bits per heavy atom. The number of hydrogen-bond donors (Lipinski definition) is 2. The van der Waals surface area contributed by atoms with Gasteiger partial charge in [-0.1, -0.05) is 37.0 Å². The van der Waals surface area contributed by atoms with Crippen LogP contribution in [0.3, 0.4) is 0 Å². The first kappa shape index (κ1) is 19.2. The number of alkyl carbamates (subject to hydrolysis) is 1. The van der Waals surface area contributed by atoms with Crippen LogP contribution in [-0.2, 0) is 9.47 Å². The molecular formula is C16H24N2O4S. The summed E-state index contributed by atoms with van der Waals surface area (Å²) < 4.78 is 9.92. The zero-order valence-corrected chi connectivity index (χ0v) is 14.3. The Labute approximate surface area is 142 Å². The Balaban J connectivity index is 2.56. The standard InChI is InChI=1S/C16H24N2O4S/c1-4-6-21-15(19)17-10-12(3)8-13-9-14(23)11-18(13)16(20)22-7-5-2/h4-5,8,13-14,23H,1-2,6-7,9-11H2,3H3,(H,17,19)/b12-8-. The molecule has 128 valence electrons. The van der Waals surface area contributed by atoms with Crippen molar-refractivity contribution >= 4 is 24.8 Å². The molecule has 1 saturated heterocycles. The Morgan fingerprint density at radius 3 is 2.61 bits per heavy atom. The highest BCUT2D eigenvalue weighted by Gasteiger charge is 2.33. The summed E-state index contributed by atoms with van der Waals surface area (Å²) in [4.78, 5) is 25.0. The molecule has 1 rings (SSSR count). The Morgan fingerprint density at radius 2 is 1.96 bits per heavy atom. The van der Waals surface area contributed by atoms with Crippen LogP contribution in [0.15, 0.2) is 37.0 Å². The van der Waals surface area contributed by atoms with Crippen molar-refractivity contribution in [1.82, 2.24) is 10.2 Å². The van der Waals surface area contributed by atoms with E-state index in [-0.39, 0.29) is 30.6 Å².